The van der Waals surface area contributed by atoms with Gasteiger partial charge < -0.3 is 14.5 Å². The van der Waals surface area contributed by atoms with Gasteiger partial charge in [-0.05, 0) is 45.7 Å². The molecule has 120 valence electrons. The van der Waals surface area contributed by atoms with Crippen LogP contribution in [0.3, 0.4) is 0 Å². The average molecular weight is 306 g/mol. The summed E-state index contributed by atoms with van der Waals surface area (Å²) in [6.07, 6.45) is 4.52. The number of amides is 1. The number of aryl methyl sites for hydroxylation is 1. The number of hydrogen-bond acceptors (Lipinski definition) is 6. The molecule has 1 N–H and O–H groups in total. The van der Waals surface area contributed by atoms with Crippen LogP contribution < -0.4 is 0 Å². The number of likely N-dealkylation sites (tertiary alicyclic amines) is 1. The molecule has 1 atom stereocenters. The highest BCUT2D eigenvalue weighted by molar-refractivity contribution is 5.87. The zero-order chi connectivity index (χ0) is 15.4. The fraction of sp³-hybridized carbons (Fsp3) is 0.800. The first-order valence-corrected chi connectivity index (χ1v) is 8.11. The zero-order valence-corrected chi connectivity index (χ0v) is 12.9. The molecule has 3 aliphatic rings. The molecule has 0 radical (unpaired) electrons. The molecule has 4 rings (SSSR count). The van der Waals surface area contributed by atoms with Crippen LogP contribution >= 0.6 is 0 Å². The molecular formula is C15H22N4O3. The molecule has 0 spiro atoms. The Morgan fingerprint density at radius 1 is 1.23 bits per heavy atom. The summed E-state index contributed by atoms with van der Waals surface area (Å²) >= 11 is 0. The highest BCUT2D eigenvalue weighted by Crippen LogP contribution is 2.42. The number of aromatic nitrogens is 2. The Morgan fingerprint density at radius 2 is 1.95 bits per heavy atom. The van der Waals surface area contributed by atoms with Crippen LogP contribution in [0.2, 0.25) is 0 Å². The Kier molecular flexibility index (Phi) is 3.06. The minimum atomic E-state index is -1.20. The predicted octanol–water partition coefficient (Wildman–Crippen LogP) is 0.426. The Morgan fingerprint density at radius 3 is 2.59 bits per heavy atom. The van der Waals surface area contributed by atoms with Crippen LogP contribution in [-0.2, 0) is 10.4 Å². The van der Waals surface area contributed by atoms with E-state index in [1.165, 1.54) is 0 Å². The van der Waals surface area contributed by atoms with Gasteiger partial charge in [-0.2, -0.15) is 4.98 Å². The molecule has 3 fully saturated rings. The van der Waals surface area contributed by atoms with Crippen LogP contribution in [0.5, 0.6) is 0 Å². The summed E-state index contributed by atoms with van der Waals surface area (Å²) < 4.78 is 5.13. The lowest BCUT2D eigenvalue weighted by molar-refractivity contribution is -0.141. The molecule has 1 aromatic rings. The molecule has 1 aromatic heterocycles. The molecule has 7 heteroatoms. The summed E-state index contributed by atoms with van der Waals surface area (Å²) in [5, 5.41) is 14.5. The van der Waals surface area contributed by atoms with Crippen molar-refractivity contribution in [3.63, 3.8) is 0 Å². The number of rotatable bonds is 2. The molecule has 0 saturated carbocycles. The molecule has 0 aliphatic carbocycles. The maximum absolute atomic E-state index is 13.1. The lowest BCUT2D eigenvalue weighted by Crippen LogP contribution is -2.53. The highest BCUT2D eigenvalue weighted by Gasteiger charge is 2.54. The fourth-order valence-electron chi connectivity index (χ4n) is 4.38. The van der Waals surface area contributed by atoms with E-state index in [0.29, 0.717) is 18.8 Å². The third-order valence-electron chi connectivity index (χ3n) is 5.50. The van der Waals surface area contributed by atoms with E-state index in [-0.39, 0.29) is 23.9 Å². The van der Waals surface area contributed by atoms with E-state index in [1.54, 1.807) is 11.8 Å². The van der Waals surface area contributed by atoms with Crippen LogP contribution in [0.1, 0.15) is 43.8 Å². The van der Waals surface area contributed by atoms with Crippen molar-refractivity contribution in [1.82, 2.24) is 19.9 Å². The van der Waals surface area contributed by atoms with E-state index in [1.807, 2.05) is 0 Å². The van der Waals surface area contributed by atoms with E-state index in [4.69, 9.17) is 4.52 Å². The minimum absolute atomic E-state index is 0.176. The summed E-state index contributed by atoms with van der Waals surface area (Å²) in [7, 11) is 0. The van der Waals surface area contributed by atoms with E-state index in [9.17, 15) is 9.90 Å². The Hall–Kier alpha value is -1.47. The number of hydrogen-bond donors (Lipinski definition) is 1. The van der Waals surface area contributed by atoms with Gasteiger partial charge in [0.15, 0.2) is 11.4 Å². The first-order valence-electron chi connectivity index (χ1n) is 8.11. The number of β-amino-alcohol motifs (C(OH)–C–C–N with tert-alkyl or cyclic N) is 1. The average Bonchev–Trinajstić information content (AvgIpc) is 3.20. The van der Waals surface area contributed by atoms with Crippen molar-refractivity contribution in [3.05, 3.63) is 11.7 Å². The van der Waals surface area contributed by atoms with Crippen LogP contribution in [0.25, 0.3) is 0 Å². The maximum atomic E-state index is 13.1. The van der Waals surface area contributed by atoms with E-state index >= 15 is 0 Å². The Labute approximate surface area is 129 Å². The van der Waals surface area contributed by atoms with Crippen molar-refractivity contribution in [3.8, 4) is 0 Å². The molecular weight excluding hydrogens is 284 g/mol. The fourth-order valence-corrected chi connectivity index (χ4v) is 4.38. The number of fused-ring (bicyclic) bond motifs is 1. The summed E-state index contributed by atoms with van der Waals surface area (Å²) in [4.78, 5) is 21.4. The van der Waals surface area contributed by atoms with Crippen molar-refractivity contribution in [2.75, 3.05) is 26.2 Å². The Bertz CT molecular complexity index is 591. The molecule has 0 bridgehead atoms. The van der Waals surface area contributed by atoms with E-state index in [2.05, 4.69) is 15.0 Å². The summed E-state index contributed by atoms with van der Waals surface area (Å²) in [5.74, 6) is 0.909. The normalized spacial score (nSPS) is 30.9. The van der Waals surface area contributed by atoms with Crippen molar-refractivity contribution >= 4 is 5.91 Å². The van der Waals surface area contributed by atoms with Crippen LogP contribution in [0.4, 0.5) is 0 Å². The van der Waals surface area contributed by atoms with Gasteiger partial charge in [-0.15, -0.1) is 0 Å². The maximum Gasteiger partial charge on any atom is 0.260 e. The summed E-state index contributed by atoms with van der Waals surface area (Å²) in [5.41, 5.74) is -1.51. The molecule has 3 aliphatic heterocycles. The third-order valence-corrected chi connectivity index (χ3v) is 5.50. The number of nitrogens with zero attached hydrogens (tertiary/aromatic N) is 4. The lowest BCUT2D eigenvalue weighted by atomic mass is 9.92. The second-order valence-electron chi connectivity index (χ2n) is 6.88. The highest BCUT2D eigenvalue weighted by atomic mass is 16.5. The van der Waals surface area contributed by atoms with Crippen molar-refractivity contribution < 1.29 is 14.4 Å². The first-order chi connectivity index (χ1) is 10.5. The number of aliphatic hydroxyl groups is 1. The molecule has 1 unspecified atom stereocenters. The largest absolute Gasteiger partial charge is 0.378 e. The molecule has 0 aromatic carbocycles. The second-order valence-corrected chi connectivity index (χ2v) is 6.88. The minimum Gasteiger partial charge on any atom is -0.378 e. The smallest absolute Gasteiger partial charge is 0.260 e. The van der Waals surface area contributed by atoms with E-state index in [0.717, 1.165) is 38.8 Å². The quantitative estimate of drug-likeness (QED) is 0.853. The molecule has 22 heavy (non-hydrogen) atoms. The topological polar surface area (TPSA) is 82.7 Å². The van der Waals surface area contributed by atoms with Gasteiger partial charge in [-0.25, -0.2) is 0 Å². The van der Waals surface area contributed by atoms with Gasteiger partial charge in [0.25, 0.3) is 5.89 Å². The van der Waals surface area contributed by atoms with Gasteiger partial charge in [-0.1, -0.05) is 5.16 Å². The predicted molar refractivity (Wildman–Crippen MR) is 76.9 cm³/mol. The number of carbonyl (C=O) groups is 1. The van der Waals surface area contributed by atoms with Gasteiger partial charge >= 0.3 is 0 Å². The lowest BCUT2D eigenvalue weighted by Gasteiger charge is -2.34. The van der Waals surface area contributed by atoms with Crippen molar-refractivity contribution in [2.24, 2.45) is 0 Å². The zero-order valence-electron chi connectivity index (χ0n) is 12.9. The van der Waals surface area contributed by atoms with Gasteiger partial charge in [0.1, 0.15) is 5.54 Å². The standard InChI is InChI=1S/C15H22N4O3/c1-11-16-12(22-17-11)15(21)6-9-18(10-15)13(20)14-4-2-7-19(14)8-3-5-14/h21H,2-10H2,1H3. The monoisotopic (exact) mass is 306 g/mol. The van der Waals surface area contributed by atoms with Crippen molar-refractivity contribution in [2.45, 2.75) is 50.2 Å². The van der Waals surface area contributed by atoms with Gasteiger partial charge in [0.2, 0.25) is 5.91 Å². The number of carbonyl (C=O) groups excluding carboxylic acids is 1. The van der Waals surface area contributed by atoms with Crippen LogP contribution in [0, 0.1) is 6.92 Å². The molecule has 7 nitrogen and oxygen atoms in total. The third kappa shape index (κ3) is 1.91. The summed E-state index contributed by atoms with van der Waals surface area (Å²) in [6, 6.07) is 0. The Balaban J connectivity index is 1.54. The van der Waals surface area contributed by atoms with Gasteiger partial charge in [0.05, 0.1) is 6.54 Å². The molecule has 4 heterocycles. The summed E-state index contributed by atoms with van der Waals surface area (Å²) in [6.45, 7) is 4.57. The van der Waals surface area contributed by atoms with Crippen LogP contribution in [0.15, 0.2) is 4.52 Å². The van der Waals surface area contributed by atoms with Crippen LogP contribution in [-0.4, -0.2) is 62.7 Å². The molecule has 1 amide bonds. The van der Waals surface area contributed by atoms with Crippen molar-refractivity contribution in [1.29, 1.82) is 0 Å². The molecule has 3 saturated heterocycles. The first kappa shape index (κ1) is 14.1. The van der Waals surface area contributed by atoms with E-state index < -0.39 is 5.60 Å². The van der Waals surface area contributed by atoms with Gasteiger partial charge in [-0.3, -0.25) is 9.69 Å². The second kappa shape index (κ2) is 4.76. The SMILES string of the molecule is Cc1noc(C2(O)CCN(C(=O)C34CCCN3CCC4)C2)n1. The van der Waals surface area contributed by atoms with Gasteiger partial charge in [0, 0.05) is 13.0 Å².